The molecule has 3 rings (SSSR count). The van der Waals surface area contributed by atoms with Gasteiger partial charge in [-0.25, -0.2) is 13.4 Å². The number of hydrogen-bond donors (Lipinski definition) is 1. The van der Waals surface area contributed by atoms with Crippen LogP contribution in [-0.2, 0) is 23.1 Å². The zero-order chi connectivity index (χ0) is 20.5. The number of benzene rings is 2. The Morgan fingerprint density at radius 3 is 1.93 bits per heavy atom. The number of nitrogens with one attached hydrogen (secondary N) is 1. The monoisotopic (exact) mass is 409 g/mol. The number of aromatic nitrogens is 1. The Morgan fingerprint density at radius 2 is 1.45 bits per heavy atom. The number of pyridine rings is 1. The molecule has 5 nitrogen and oxygen atoms in total. The lowest BCUT2D eigenvalue weighted by molar-refractivity contribution is 0.401. The summed E-state index contributed by atoms with van der Waals surface area (Å²) in [5, 5.41) is 3.21. The van der Waals surface area contributed by atoms with Crippen LogP contribution >= 0.6 is 0 Å². The summed E-state index contributed by atoms with van der Waals surface area (Å²) in [6.45, 7) is 3.55. The fourth-order valence-corrected chi connectivity index (χ4v) is 4.34. The molecular weight excluding hydrogens is 382 g/mol. The van der Waals surface area contributed by atoms with Crippen LogP contribution in [-0.4, -0.2) is 24.3 Å². The molecule has 0 aliphatic heterocycles. The lowest BCUT2D eigenvalue weighted by Gasteiger charge is -2.22. The fraction of sp³-hybridized carbons (Fsp3) is 0.261. The smallest absolute Gasteiger partial charge is 0.245 e. The summed E-state index contributed by atoms with van der Waals surface area (Å²) in [5.74, 6) is 0.690. The van der Waals surface area contributed by atoms with Crippen LogP contribution in [0.1, 0.15) is 30.9 Å². The first kappa shape index (κ1) is 21.0. The highest BCUT2D eigenvalue weighted by molar-refractivity contribution is 7.89. The third-order valence-corrected chi connectivity index (χ3v) is 6.39. The van der Waals surface area contributed by atoms with Crippen molar-refractivity contribution in [3.8, 4) is 0 Å². The van der Waals surface area contributed by atoms with Crippen LogP contribution in [0.4, 0.5) is 5.82 Å². The molecule has 0 unspecified atom stereocenters. The summed E-state index contributed by atoms with van der Waals surface area (Å²) in [7, 11) is -3.70. The van der Waals surface area contributed by atoms with E-state index in [0.29, 0.717) is 18.9 Å². The number of anilines is 1. The van der Waals surface area contributed by atoms with Crippen molar-refractivity contribution in [2.24, 2.45) is 0 Å². The molecule has 0 atom stereocenters. The molecule has 0 fully saturated rings. The molecule has 1 N–H and O–H groups in total. The standard InChI is InChI=1S/C23H27N3O2S/c1-2-3-16-24-23-15-14-22(17-25-23)29(27,28)26(18-20-10-6-4-7-11-20)19-21-12-8-5-9-13-21/h4-15,17H,2-3,16,18-19H2,1H3,(H,24,25). The predicted octanol–water partition coefficient (Wildman–Crippen LogP) is 4.68. The second kappa shape index (κ2) is 10.2. The van der Waals surface area contributed by atoms with E-state index in [0.717, 1.165) is 30.5 Å². The van der Waals surface area contributed by atoms with Crippen molar-refractivity contribution >= 4 is 15.8 Å². The van der Waals surface area contributed by atoms with E-state index in [9.17, 15) is 8.42 Å². The molecule has 152 valence electrons. The summed E-state index contributed by atoms with van der Waals surface area (Å²) in [6.07, 6.45) is 3.57. The average Bonchev–Trinajstić information content (AvgIpc) is 2.75. The molecule has 0 radical (unpaired) electrons. The van der Waals surface area contributed by atoms with Crippen LogP contribution < -0.4 is 5.32 Å². The van der Waals surface area contributed by atoms with Crippen molar-refractivity contribution in [2.75, 3.05) is 11.9 Å². The van der Waals surface area contributed by atoms with Crippen LogP contribution in [0, 0.1) is 0 Å². The first-order chi connectivity index (χ1) is 14.1. The molecule has 1 heterocycles. The highest BCUT2D eigenvalue weighted by Crippen LogP contribution is 2.21. The SMILES string of the molecule is CCCCNc1ccc(S(=O)(=O)N(Cc2ccccc2)Cc2ccccc2)cn1. The maximum absolute atomic E-state index is 13.4. The van der Waals surface area contributed by atoms with E-state index < -0.39 is 10.0 Å². The number of nitrogens with zero attached hydrogens (tertiary/aromatic N) is 2. The molecule has 0 saturated carbocycles. The maximum Gasteiger partial charge on any atom is 0.245 e. The van der Waals surface area contributed by atoms with Gasteiger partial charge in [0.1, 0.15) is 10.7 Å². The first-order valence-corrected chi connectivity index (χ1v) is 11.3. The third kappa shape index (κ3) is 5.89. The topological polar surface area (TPSA) is 62.3 Å². The minimum Gasteiger partial charge on any atom is -0.370 e. The zero-order valence-electron chi connectivity index (χ0n) is 16.7. The van der Waals surface area contributed by atoms with Crippen LogP contribution in [0.2, 0.25) is 0 Å². The van der Waals surface area contributed by atoms with Gasteiger partial charge in [0.25, 0.3) is 0 Å². The summed E-state index contributed by atoms with van der Waals surface area (Å²) in [5.41, 5.74) is 1.88. The van der Waals surface area contributed by atoms with Gasteiger partial charge in [0.05, 0.1) is 0 Å². The normalized spacial score (nSPS) is 11.5. The van der Waals surface area contributed by atoms with Gasteiger partial charge in [0.2, 0.25) is 10.0 Å². The molecule has 0 saturated heterocycles. The highest BCUT2D eigenvalue weighted by Gasteiger charge is 2.25. The molecule has 0 spiro atoms. The molecule has 3 aromatic rings. The molecule has 1 aromatic heterocycles. The van der Waals surface area contributed by atoms with E-state index in [1.165, 1.54) is 10.5 Å². The average molecular weight is 410 g/mol. The van der Waals surface area contributed by atoms with Gasteiger partial charge in [-0.2, -0.15) is 4.31 Å². The molecule has 2 aromatic carbocycles. The largest absolute Gasteiger partial charge is 0.370 e. The molecule has 6 heteroatoms. The van der Waals surface area contributed by atoms with E-state index in [1.54, 1.807) is 12.1 Å². The van der Waals surface area contributed by atoms with Crippen molar-refractivity contribution in [3.05, 3.63) is 90.1 Å². The van der Waals surface area contributed by atoms with Gasteiger partial charge in [0, 0.05) is 25.8 Å². The second-order valence-electron chi connectivity index (χ2n) is 6.90. The zero-order valence-corrected chi connectivity index (χ0v) is 17.5. The summed E-state index contributed by atoms with van der Waals surface area (Å²) >= 11 is 0. The number of unbranched alkanes of at least 4 members (excludes halogenated alkanes) is 1. The Bertz CT molecular complexity index is 934. The van der Waals surface area contributed by atoms with E-state index >= 15 is 0 Å². The second-order valence-corrected chi connectivity index (χ2v) is 8.84. The highest BCUT2D eigenvalue weighted by atomic mass is 32.2. The van der Waals surface area contributed by atoms with Crippen LogP contribution in [0.3, 0.4) is 0 Å². The summed E-state index contributed by atoms with van der Waals surface area (Å²) < 4.78 is 28.3. The van der Waals surface area contributed by atoms with Crippen LogP contribution in [0.5, 0.6) is 0 Å². The minimum absolute atomic E-state index is 0.199. The quantitative estimate of drug-likeness (QED) is 0.494. The lowest BCUT2D eigenvalue weighted by atomic mass is 10.2. The Kier molecular flexibility index (Phi) is 7.38. The predicted molar refractivity (Wildman–Crippen MR) is 117 cm³/mol. The number of sulfonamides is 1. The van der Waals surface area contributed by atoms with Crippen molar-refractivity contribution in [2.45, 2.75) is 37.8 Å². The number of hydrogen-bond acceptors (Lipinski definition) is 4. The summed E-state index contributed by atoms with van der Waals surface area (Å²) in [6, 6.07) is 22.6. The van der Waals surface area contributed by atoms with E-state index in [2.05, 4.69) is 17.2 Å². The molecule has 0 aliphatic carbocycles. The fourth-order valence-electron chi connectivity index (χ4n) is 2.98. The molecule has 0 amide bonds. The van der Waals surface area contributed by atoms with Gasteiger partial charge in [-0.3, -0.25) is 0 Å². The van der Waals surface area contributed by atoms with Gasteiger partial charge in [0.15, 0.2) is 0 Å². The van der Waals surface area contributed by atoms with Gasteiger partial charge >= 0.3 is 0 Å². The van der Waals surface area contributed by atoms with E-state index in [4.69, 9.17) is 0 Å². The molecule has 29 heavy (non-hydrogen) atoms. The minimum atomic E-state index is -3.70. The Labute approximate surface area is 173 Å². The van der Waals surface area contributed by atoms with E-state index in [1.807, 2.05) is 60.7 Å². The van der Waals surface area contributed by atoms with Gasteiger partial charge < -0.3 is 5.32 Å². The van der Waals surface area contributed by atoms with Crippen LogP contribution in [0.25, 0.3) is 0 Å². The third-order valence-electron chi connectivity index (χ3n) is 4.61. The van der Waals surface area contributed by atoms with Crippen molar-refractivity contribution in [1.29, 1.82) is 0 Å². The Balaban J connectivity index is 1.84. The van der Waals surface area contributed by atoms with Crippen molar-refractivity contribution in [1.82, 2.24) is 9.29 Å². The Hall–Kier alpha value is -2.70. The number of rotatable bonds is 10. The molecular formula is C23H27N3O2S. The summed E-state index contributed by atoms with van der Waals surface area (Å²) in [4.78, 5) is 4.50. The lowest BCUT2D eigenvalue weighted by Crippen LogP contribution is -2.30. The van der Waals surface area contributed by atoms with Crippen molar-refractivity contribution < 1.29 is 8.42 Å². The van der Waals surface area contributed by atoms with Gasteiger partial charge in [-0.05, 0) is 29.7 Å². The van der Waals surface area contributed by atoms with Gasteiger partial charge in [-0.15, -0.1) is 0 Å². The van der Waals surface area contributed by atoms with Crippen LogP contribution in [0.15, 0.2) is 83.9 Å². The molecule has 0 aliphatic rings. The van der Waals surface area contributed by atoms with Gasteiger partial charge in [-0.1, -0.05) is 74.0 Å². The first-order valence-electron chi connectivity index (χ1n) is 9.87. The van der Waals surface area contributed by atoms with E-state index in [-0.39, 0.29) is 4.90 Å². The van der Waals surface area contributed by atoms with Crippen molar-refractivity contribution in [3.63, 3.8) is 0 Å². The maximum atomic E-state index is 13.4. The Morgan fingerprint density at radius 1 is 0.862 bits per heavy atom. The molecule has 0 bridgehead atoms.